The van der Waals surface area contributed by atoms with Crippen molar-refractivity contribution in [3.8, 4) is 11.5 Å². The van der Waals surface area contributed by atoms with Gasteiger partial charge in [-0.3, -0.25) is 0 Å². The van der Waals surface area contributed by atoms with E-state index in [4.69, 9.17) is 15.2 Å². The van der Waals surface area contributed by atoms with E-state index in [2.05, 4.69) is 0 Å². The molecule has 0 bridgehead atoms. The molecular weight excluding hydrogens is 286 g/mol. The molecule has 0 aliphatic carbocycles. The average molecular weight is 303 g/mol. The summed E-state index contributed by atoms with van der Waals surface area (Å²) < 4.78 is 10.8. The number of thioether (sulfide) groups is 1. The molecule has 0 saturated heterocycles. The lowest BCUT2D eigenvalue weighted by Crippen LogP contribution is -2.08. The molecular formula is C16H17NO3S. The van der Waals surface area contributed by atoms with Crippen LogP contribution in [-0.4, -0.2) is 18.8 Å². The van der Waals surface area contributed by atoms with E-state index in [0.29, 0.717) is 23.7 Å². The maximum atomic E-state index is 11.8. The number of nitrogen functional groups attached to an aromatic ring is 1. The van der Waals surface area contributed by atoms with Gasteiger partial charge in [-0.15, -0.1) is 11.8 Å². The summed E-state index contributed by atoms with van der Waals surface area (Å²) in [5.74, 6) is 0.707. The number of hydrogen-bond acceptors (Lipinski definition) is 5. The van der Waals surface area contributed by atoms with E-state index in [-0.39, 0.29) is 5.69 Å². The number of hydrogen-bond donors (Lipinski definition) is 1. The molecule has 21 heavy (non-hydrogen) atoms. The second-order valence-electron chi connectivity index (χ2n) is 4.19. The quantitative estimate of drug-likeness (QED) is 0.514. The van der Waals surface area contributed by atoms with E-state index < -0.39 is 5.97 Å². The molecule has 0 aliphatic heterocycles. The van der Waals surface area contributed by atoms with E-state index in [0.717, 1.165) is 4.90 Å². The highest BCUT2D eigenvalue weighted by Gasteiger charge is 2.15. The van der Waals surface area contributed by atoms with Gasteiger partial charge in [0.05, 0.1) is 17.9 Å². The molecule has 0 spiro atoms. The Balaban J connectivity index is 2.33. The molecule has 2 N–H and O–H groups in total. The van der Waals surface area contributed by atoms with Crippen molar-refractivity contribution in [3.05, 3.63) is 48.0 Å². The van der Waals surface area contributed by atoms with Crippen LogP contribution in [0.25, 0.3) is 0 Å². The van der Waals surface area contributed by atoms with Crippen LogP contribution in [0.1, 0.15) is 17.3 Å². The molecule has 0 saturated carbocycles. The predicted octanol–water partition coefficient (Wildman–Crippen LogP) is 3.96. The third-order valence-electron chi connectivity index (χ3n) is 2.85. The number of carbonyl (C=O) groups excluding carboxylic acids is 1. The molecule has 5 heteroatoms. The summed E-state index contributed by atoms with van der Waals surface area (Å²) in [6.45, 7) is 2.06. The van der Waals surface area contributed by atoms with Crippen molar-refractivity contribution in [2.75, 3.05) is 18.6 Å². The first-order valence-electron chi connectivity index (χ1n) is 6.53. The maximum absolute atomic E-state index is 11.8. The molecule has 4 nitrogen and oxygen atoms in total. The molecule has 0 unspecified atom stereocenters. The fourth-order valence-electron chi connectivity index (χ4n) is 1.84. The largest absolute Gasteiger partial charge is 0.462 e. The van der Waals surface area contributed by atoms with Gasteiger partial charge in [0.1, 0.15) is 5.75 Å². The van der Waals surface area contributed by atoms with Crippen molar-refractivity contribution >= 4 is 23.4 Å². The van der Waals surface area contributed by atoms with Crippen LogP contribution in [0.5, 0.6) is 11.5 Å². The van der Waals surface area contributed by atoms with Gasteiger partial charge in [-0.05, 0) is 37.4 Å². The van der Waals surface area contributed by atoms with E-state index >= 15 is 0 Å². The molecule has 2 aromatic carbocycles. The first kappa shape index (κ1) is 15.3. The Bertz CT molecular complexity index is 643. The van der Waals surface area contributed by atoms with Gasteiger partial charge in [-0.1, -0.05) is 18.2 Å². The lowest BCUT2D eigenvalue weighted by Gasteiger charge is -2.13. The molecule has 0 fully saturated rings. The molecule has 0 atom stereocenters. The minimum absolute atomic E-state index is 0.284. The van der Waals surface area contributed by atoms with Gasteiger partial charge < -0.3 is 15.2 Å². The van der Waals surface area contributed by atoms with Crippen LogP contribution in [0.2, 0.25) is 0 Å². The van der Waals surface area contributed by atoms with E-state index in [9.17, 15) is 4.79 Å². The van der Waals surface area contributed by atoms with E-state index in [1.807, 2.05) is 30.5 Å². The summed E-state index contributed by atoms with van der Waals surface area (Å²) in [7, 11) is 0. The Morgan fingerprint density at radius 2 is 1.86 bits per heavy atom. The van der Waals surface area contributed by atoms with E-state index in [1.165, 1.54) is 0 Å². The SMILES string of the molecule is CCOC(=O)c1cccc(Oc2ccccc2SC)c1N. The number of benzene rings is 2. The van der Waals surface area contributed by atoms with Gasteiger partial charge in [0.15, 0.2) is 5.75 Å². The zero-order chi connectivity index (χ0) is 15.2. The molecule has 0 heterocycles. The van der Waals surface area contributed by atoms with E-state index in [1.54, 1.807) is 36.9 Å². The van der Waals surface area contributed by atoms with Crippen molar-refractivity contribution < 1.29 is 14.3 Å². The lowest BCUT2D eigenvalue weighted by atomic mass is 10.1. The van der Waals surface area contributed by atoms with Crippen molar-refractivity contribution in [3.63, 3.8) is 0 Å². The normalized spacial score (nSPS) is 10.2. The average Bonchev–Trinajstić information content (AvgIpc) is 2.50. The molecule has 110 valence electrons. The Hall–Kier alpha value is -2.14. The summed E-state index contributed by atoms with van der Waals surface area (Å²) in [4.78, 5) is 12.8. The Labute approximate surface area is 128 Å². The van der Waals surface area contributed by atoms with Crippen LogP contribution in [0.4, 0.5) is 5.69 Å². The highest BCUT2D eigenvalue weighted by atomic mass is 32.2. The number of rotatable bonds is 5. The van der Waals surface area contributed by atoms with Crippen LogP contribution in [0, 0.1) is 0 Å². The van der Waals surface area contributed by atoms with Gasteiger partial charge in [0.25, 0.3) is 0 Å². The lowest BCUT2D eigenvalue weighted by molar-refractivity contribution is 0.0527. The number of esters is 1. The van der Waals surface area contributed by atoms with Crippen LogP contribution in [-0.2, 0) is 4.74 Å². The van der Waals surface area contributed by atoms with Crippen molar-refractivity contribution in [1.82, 2.24) is 0 Å². The topological polar surface area (TPSA) is 61.5 Å². The standard InChI is InChI=1S/C16H17NO3S/c1-3-19-16(18)11-7-6-9-13(15(11)17)20-12-8-4-5-10-14(12)21-2/h4-10H,3,17H2,1-2H3. The zero-order valence-corrected chi connectivity index (χ0v) is 12.8. The Kier molecular flexibility index (Phi) is 5.11. The van der Waals surface area contributed by atoms with Crippen LogP contribution in [0.15, 0.2) is 47.4 Å². The first-order valence-corrected chi connectivity index (χ1v) is 7.76. The third-order valence-corrected chi connectivity index (χ3v) is 3.63. The first-order chi connectivity index (χ1) is 10.2. The van der Waals surface area contributed by atoms with Gasteiger partial charge >= 0.3 is 5.97 Å². The zero-order valence-electron chi connectivity index (χ0n) is 12.0. The van der Waals surface area contributed by atoms with Crippen molar-refractivity contribution in [1.29, 1.82) is 0 Å². The minimum atomic E-state index is -0.446. The van der Waals surface area contributed by atoms with Crippen LogP contribution >= 0.6 is 11.8 Å². The summed E-state index contributed by atoms with van der Waals surface area (Å²) in [5, 5.41) is 0. The van der Waals surface area contributed by atoms with Gasteiger partial charge in [-0.2, -0.15) is 0 Å². The van der Waals surface area contributed by atoms with Gasteiger partial charge in [0.2, 0.25) is 0 Å². The number of carbonyl (C=O) groups is 1. The fraction of sp³-hybridized carbons (Fsp3) is 0.188. The Morgan fingerprint density at radius 1 is 1.14 bits per heavy atom. The molecule has 2 rings (SSSR count). The number of anilines is 1. The summed E-state index contributed by atoms with van der Waals surface area (Å²) >= 11 is 1.58. The smallest absolute Gasteiger partial charge is 0.340 e. The predicted molar refractivity (Wildman–Crippen MR) is 85.1 cm³/mol. The molecule has 0 radical (unpaired) electrons. The minimum Gasteiger partial charge on any atom is -0.462 e. The Morgan fingerprint density at radius 3 is 2.57 bits per heavy atom. The monoisotopic (exact) mass is 303 g/mol. The highest BCUT2D eigenvalue weighted by molar-refractivity contribution is 7.98. The van der Waals surface area contributed by atoms with Crippen molar-refractivity contribution in [2.24, 2.45) is 0 Å². The molecule has 2 aromatic rings. The number of ether oxygens (including phenoxy) is 2. The van der Waals surface area contributed by atoms with Crippen molar-refractivity contribution in [2.45, 2.75) is 11.8 Å². The van der Waals surface area contributed by atoms with Crippen LogP contribution < -0.4 is 10.5 Å². The third kappa shape index (κ3) is 3.49. The van der Waals surface area contributed by atoms with Gasteiger partial charge in [0, 0.05) is 4.90 Å². The van der Waals surface area contributed by atoms with Gasteiger partial charge in [-0.25, -0.2) is 4.79 Å². The second-order valence-corrected chi connectivity index (χ2v) is 5.04. The molecule has 0 aromatic heterocycles. The number of para-hydroxylation sites is 2. The summed E-state index contributed by atoms with van der Waals surface area (Å²) in [5.41, 5.74) is 6.62. The molecule has 0 amide bonds. The highest BCUT2D eigenvalue weighted by Crippen LogP contribution is 2.35. The van der Waals surface area contributed by atoms with Crippen LogP contribution in [0.3, 0.4) is 0 Å². The molecule has 0 aliphatic rings. The fourth-order valence-corrected chi connectivity index (χ4v) is 2.37. The maximum Gasteiger partial charge on any atom is 0.340 e. The second kappa shape index (κ2) is 7.04. The number of nitrogens with two attached hydrogens (primary N) is 1. The summed E-state index contributed by atoms with van der Waals surface area (Å²) in [6.07, 6.45) is 1.97. The summed E-state index contributed by atoms with van der Waals surface area (Å²) in [6, 6.07) is 12.7.